The first-order valence-corrected chi connectivity index (χ1v) is 20.9. The Balaban J connectivity index is 1.19. The number of allylic oxidation sites excluding steroid dienone is 1. The van der Waals surface area contributed by atoms with Gasteiger partial charge in [-0.25, -0.2) is 14.5 Å². The number of aryl methyl sites for hydroxylation is 4. The number of pyridine rings is 1. The van der Waals surface area contributed by atoms with E-state index in [-0.39, 0.29) is 11.7 Å². The summed E-state index contributed by atoms with van der Waals surface area (Å²) in [5, 5.41) is 3.91. The summed E-state index contributed by atoms with van der Waals surface area (Å²) in [6.07, 6.45) is 9.83. The average molecular weight is 760 g/mol. The minimum absolute atomic E-state index is 0.0528. The van der Waals surface area contributed by atoms with Crippen molar-refractivity contribution in [3.05, 3.63) is 154 Å². The van der Waals surface area contributed by atoms with Crippen LogP contribution in [0.3, 0.4) is 0 Å². The van der Waals surface area contributed by atoms with Crippen LogP contribution in [0, 0.1) is 27.7 Å². The van der Waals surface area contributed by atoms with Crippen molar-refractivity contribution in [1.82, 2.24) is 14.4 Å². The molecule has 5 heterocycles. The minimum Gasteiger partial charge on any atom is -0.337 e. The van der Waals surface area contributed by atoms with Gasteiger partial charge in [-0.05, 0) is 99.0 Å². The monoisotopic (exact) mass is 759 g/mol. The van der Waals surface area contributed by atoms with Crippen molar-refractivity contribution < 1.29 is 4.57 Å². The van der Waals surface area contributed by atoms with Gasteiger partial charge in [-0.1, -0.05) is 110 Å². The number of benzene rings is 5. The van der Waals surface area contributed by atoms with Crippen molar-refractivity contribution in [2.75, 3.05) is 16.8 Å². The lowest BCUT2D eigenvalue weighted by Gasteiger charge is -2.33. The molecule has 2 aliphatic heterocycles. The number of para-hydroxylation sites is 1. The Morgan fingerprint density at radius 1 is 0.759 bits per heavy atom. The first kappa shape index (κ1) is 36.1. The van der Waals surface area contributed by atoms with Gasteiger partial charge in [-0.3, -0.25) is 0 Å². The predicted molar refractivity (Wildman–Crippen MR) is 241 cm³/mol. The molecule has 0 spiro atoms. The summed E-state index contributed by atoms with van der Waals surface area (Å²) < 4.78 is 5.27. The lowest BCUT2D eigenvalue weighted by atomic mass is 9.79. The first-order chi connectivity index (χ1) is 28.1. The Morgan fingerprint density at radius 2 is 1.48 bits per heavy atom. The van der Waals surface area contributed by atoms with Gasteiger partial charge >= 0.3 is 0 Å². The fourth-order valence-electron chi connectivity index (χ4n) is 10.4. The molecule has 58 heavy (non-hydrogen) atoms. The van der Waals surface area contributed by atoms with E-state index in [0.717, 1.165) is 42.2 Å². The number of rotatable bonds is 7. The highest BCUT2D eigenvalue weighted by molar-refractivity contribution is 6.15. The van der Waals surface area contributed by atoms with Crippen LogP contribution in [0.1, 0.15) is 67.0 Å². The number of fused-ring (bicyclic) bond motifs is 4. The highest BCUT2D eigenvalue weighted by Crippen LogP contribution is 2.47. The maximum absolute atomic E-state index is 5.19. The van der Waals surface area contributed by atoms with E-state index < -0.39 is 0 Å². The molecule has 0 bridgehead atoms. The van der Waals surface area contributed by atoms with E-state index in [1.165, 1.54) is 83.2 Å². The summed E-state index contributed by atoms with van der Waals surface area (Å²) >= 11 is 0. The molecule has 288 valence electrons. The zero-order valence-electron chi connectivity index (χ0n) is 34.9. The minimum atomic E-state index is -0.283. The Hall–Kier alpha value is -6.27. The maximum atomic E-state index is 5.19. The predicted octanol–water partition coefficient (Wildman–Crippen LogP) is 12.0. The number of hydrogen-bond donors (Lipinski definition) is 0. The van der Waals surface area contributed by atoms with Crippen LogP contribution in [0.5, 0.6) is 0 Å². The maximum Gasteiger partial charge on any atom is 0.296 e. The van der Waals surface area contributed by atoms with Gasteiger partial charge in [-0.2, -0.15) is 4.40 Å². The van der Waals surface area contributed by atoms with E-state index in [4.69, 9.17) is 9.97 Å². The lowest BCUT2D eigenvalue weighted by Crippen LogP contribution is -2.56. The molecule has 10 rings (SSSR count). The summed E-state index contributed by atoms with van der Waals surface area (Å²) in [7, 11) is 2.15. The lowest BCUT2D eigenvalue weighted by molar-refractivity contribution is -0.731. The largest absolute Gasteiger partial charge is 0.337 e. The fourth-order valence-corrected chi connectivity index (χ4v) is 10.4. The Morgan fingerprint density at radius 3 is 2.26 bits per heavy atom. The van der Waals surface area contributed by atoms with E-state index in [1.54, 1.807) is 0 Å². The van der Waals surface area contributed by atoms with E-state index >= 15 is 0 Å². The normalized spacial score (nSPS) is 15.8. The zero-order valence-corrected chi connectivity index (χ0v) is 34.9. The second-order valence-electron chi connectivity index (χ2n) is 16.6. The number of nitrogens with zero attached hydrogens (tertiary/aromatic N) is 6. The fraction of sp³-hybridized carbons (Fsp3) is 0.250. The summed E-state index contributed by atoms with van der Waals surface area (Å²) in [5.41, 5.74) is 17.1. The second-order valence-corrected chi connectivity index (χ2v) is 16.6. The van der Waals surface area contributed by atoms with Crippen molar-refractivity contribution >= 4 is 50.6 Å². The van der Waals surface area contributed by atoms with Crippen LogP contribution in [-0.4, -0.2) is 27.6 Å². The Kier molecular flexibility index (Phi) is 8.34. The zero-order chi connectivity index (χ0) is 40.0. The molecule has 2 aliphatic rings. The Labute approximate surface area is 341 Å². The highest BCUT2D eigenvalue weighted by Gasteiger charge is 2.44. The number of hydrogen-bond acceptors (Lipinski definition) is 4. The van der Waals surface area contributed by atoms with Crippen LogP contribution in [0.15, 0.2) is 121 Å². The number of imidazole rings is 1. The van der Waals surface area contributed by atoms with Gasteiger partial charge in [0, 0.05) is 41.1 Å². The van der Waals surface area contributed by atoms with Crippen LogP contribution >= 0.6 is 0 Å². The standard InChI is InChI=1S/C52H51N6/c1-9-52(10-2)39(28-37-20-12-14-24-43(37)57-36(7)55(8)50-45(57)30-53-49(54-50)40-22-13-11-17-33(40)4)29-38-21-16-23-41-42-27-32(3)25-26-44(42)58-46(31-56(52)51(58)48(38)41)47-34(5)18-15-19-35(47)6/h11-27,29-31,36H,9-10,28H2,1-8H3/q+1. The van der Waals surface area contributed by atoms with Crippen molar-refractivity contribution in [2.24, 2.45) is 0 Å². The third-order valence-corrected chi connectivity index (χ3v) is 13.5. The van der Waals surface area contributed by atoms with Gasteiger partial charge in [-0.15, -0.1) is 0 Å². The molecule has 0 N–H and O–H groups in total. The summed E-state index contributed by atoms with van der Waals surface area (Å²) in [6, 6.07) is 38.0. The van der Waals surface area contributed by atoms with Gasteiger partial charge in [0.15, 0.2) is 17.3 Å². The van der Waals surface area contributed by atoms with E-state index in [0.29, 0.717) is 0 Å². The Bertz CT molecular complexity index is 2980. The SMILES string of the molecule is CCC1(CC)C(Cc2ccccc2N2c3cnc(-c4ccccc4C)nc3N(C)C2C)=Cc2cccc3c4cc(C)ccc4n4c(-c5c(C)cccc5C)c[n+]1c4c23. The second kappa shape index (κ2) is 13.4. The molecule has 1 unspecified atom stereocenters. The van der Waals surface area contributed by atoms with Gasteiger partial charge in [0.25, 0.3) is 5.65 Å². The van der Waals surface area contributed by atoms with Crippen LogP contribution in [-0.2, 0) is 12.0 Å². The smallest absolute Gasteiger partial charge is 0.296 e. The van der Waals surface area contributed by atoms with E-state index in [9.17, 15) is 0 Å². The number of anilines is 3. The molecule has 0 saturated carbocycles. The highest BCUT2D eigenvalue weighted by atomic mass is 15.4. The molecular formula is C52H51N6+. The van der Waals surface area contributed by atoms with Gasteiger partial charge in [0.2, 0.25) is 0 Å². The quantitative estimate of drug-likeness (QED) is 0.120. The molecule has 6 nitrogen and oxygen atoms in total. The molecular weight excluding hydrogens is 709 g/mol. The van der Waals surface area contributed by atoms with Crippen LogP contribution < -0.4 is 14.4 Å². The molecule has 0 fully saturated rings. The van der Waals surface area contributed by atoms with Gasteiger partial charge < -0.3 is 9.80 Å². The van der Waals surface area contributed by atoms with Crippen LogP contribution in [0.4, 0.5) is 17.2 Å². The van der Waals surface area contributed by atoms with E-state index in [1.807, 2.05) is 6.20 Å². The van der Waals surface area contributed by atoms with Gasteiger partial charge in [0.05, 0.1) is 11.6 Å². The van der Waals surface area contributed by atoms with Gasteiger partial charge in [0.1, 0.15) is 29.1 Å². The van der Waals surface area contributed by atoms with E-state index in [2.05, 4.69) is 190 Å². The molecule has 5 aromatic carbocycles. The molecule has 6 heteroatoms. The summed E-state index contributed by atoms with van der Waals surface area (Å²) in [5.74, 6) is 1.72. The molecule has 0 amide bonds. The van der Waals surface area contributed by atoms with Crippen molar-refractivity contribution in [1.29, 1.82) is 0 Å². The van der Waals surface area contributed by atoms with Crippen LogP contribution in [0.2, 0.25) is 0 Å². The number of aromatic nitrogens is 4. The molecule has 0 radical (unpaired) electrons. The summed E-state index contributed by atoms with van der Waals surface area (Å²) in [6.45, 7) is 15.9. The van der Waals surface area contributed by atoms with Crippen molar-refractivity contribution in [3.8, 4) is 22.6 Å². The molecule has 3 aromatic heterocycles. The molecule has 1 atom stereocenters. The third-order valence-electron chi connectivity index (χ3n) is 13.5. The molecule has 0 aliphatic carbocycles. The first-order valence-electron chi connectivity index (χ1n) is 20.9. The molecule has 0 saturated heterocycles. The summed E-state index contributed by atoms with van der Waals surface area (Å²) in [4.78, 5) is 14.9. The average Bonchev–Trinajstić information content (AvgIpc) is 3.69. The van der Waals surface area contributed by atoms with Crippen LogP contribution in [0.25, 0.3) is 56.0 Å². The van der Waals surface area contributed by atoms with Crippen molar-refractivity contribution in [2.45, 2.75) is 79.4 Å². The topological polar surface area (TPSA) is 40.6 Å². The molecule has 8 aromatic rings. The van der Waals surface area contributed by atoms with Crippen molar-refractivity contribution in [3.63, 3.8) is 0 Å². The third kappa shape index (κ3) is 5.13.